The average Bonchev–Trinajstić information content (AvgIpc) is 3.07. The number of hydrogen-bond donors (Lipinski definition) is 0. The van der Waals surface area contributed by atoms with Crippen LogP contribution in [0.5, 0.6) is 0 Å². The smallest absolute Gasteiger partial charge is 0.243 e. The third-order valence-corrected chi connectivity index (χ3v) is 4.38. The van der Waals surface area contributed by atoms with Gasteiger partial charge in [0.25, 0.3) is 0 Å². The molecule has 0 saturated carbocycles. The summed E-state index contributed by atoms with van der Waals surface area (Å²) < 4.78 is 5.33. The Morgan fingerprint density at radius 3 is 2.57 bits per heavy atom. The molecule has 0 amide bonds. The molecule has 1 fully saturated rings. The van der Waals surface area contributed by atoms with Gasteiger partial charge < -0.3 is 4.52 Å². The predicted octanol–water partition coefficient (Wildman–Crippen LogP) is 1.75. The second kappa shape index (κ2) is 8.61. The van der Waals surface area contributed by atoms with E-state index in [2.05, 4.69) is 39.0 Å². The van der Waals surface area contributed by atoms with Crippen LogP contribution < -0.4 is 0 Å². The van der Waals surface area contributed by atoms with E-state index in [0.29, 0.717) is 18.7 Å². The molecule has 0 aromatic carbocycles. The Bertz CT molecular complexity index is 564. The van der Waals surface area contributed by atoms with Crippen LogP contribution in [0, 0.1) is 28.6 Å². The molecule has 23 heavy (non-hydrogen) atoms. The van der Waals surface area contributed by atoms with Crippen LogP contribution in [-0.4, -0.2) is 52.7 Å². The normalized spacial score (nSPS) is 19.0. The van der Waals surface area contributed by atoms with E-state index in [1.54, 1.807) is 0 Å². The van der Waals surface area contributed by atoms with Crippen molar-refractivity contribution in [3.05, 3.63) is 11.7 Å². The van der Waals surface area contributed by atoms with Gasteiger partial charge in [0.05, 0.1) is 24.1 Å². The first-order valence-corrected chi connectivity index (χ1v) is 8.23. The van der Waals surface area contributed by atoms with E-state index >= 15 is 0 Å². The first-order valence-electron chi connectivity index (χ1n) is 8.23. The molecule has 0 radical (unpaired) electrons. The van der Waals surface area contributed by atoms with Gasteiger partial charge in [0.2, 0.25) is 5.89 Å². The number of aryl methyl sites for hydroxylation is 1. The fraction of sp³-hybridized carbons (Fsp3) is 0.750. The molecule has 1 aliphatic heterocycles. The molecule has 2 heterocycles. The lowest BCUT2D eigenvalue weighted by Crippen LogP contribution is -2.48. The second-order valence-corrected chi connectivity index (χ2v) is 5.94. The van der Waals surface area contributed by atoms with Crippen molar-refractivity contribution < 1.29 is 4.52 Å². The summed E-state index contributed by atoms with van der Waals surface area (Å²) in [5.74, 6) is 1.38. The lowest BCUT2D eigenvalue weighted by atomic mass is 10.0. The maximum atomic E-state index is 9.17. The van der Waals surface area contributed by atoms with Crippen molar-refractivity contribution in [3.63, 3.8) is 0 Å². The Kier molecular flexibility index (Phi) is 6.52. The van der Waals surface area contributed by atoms with Crippen LogP contribution in [0.25, 0.3) is 0 Å². The zero-order valence-corrected chi connectivity index (χ0v) is 13.9. The second-order valence-electron chi connectivity index (χ2n) is 5.94. The van der Waals surface area contributed by atoms with Crippen molar-refractivity contribution in [2.75, 3.05) is 32.7 Å². The first kappa shape index (κ1) is 17.4. The Labute approximate surface area is 137 Å². The Balaban J connectivity index is 1.81. The minimum absolute atomic E-state index is 0.0540. The highest BCUT2D eigenvalue weighted by molar-refractivity contribution is 4.94. The van der Waals surface area contributed by atoms with Gasteiger partial charge in [-0.05, 0) is 13.3 Å². The van der Waals surface area contributed by atoms with Crippen LogP contribution in [0.3, 0.4) is 0 Å². The first-order chi connectivity index (χ1) is 11.2. The molecule has 2 rings (SSSR count). The molecule has 1 aliphatic rings. The molecule has 2 atom stereocenters. The maximum absolute atomic E-state index is 9.17. The zero-order valence-electron chi connectivity index (χ0n) is 13.9. The third kappa shape index (κ3) is 4.75. The van der Waals surface area contributed by atoms with Gasteiger partial charge in [-0.2, -0.15) is 15.5 Å². The van der Waals surface area contributed by atoms with Gasteiger partial charge in [0, 0.05) is 45.6 Å². The van der Waals surface area contributed by atoms with Crippen LogP contribution in [0.15, 0.2) is 4.52 Å². The van der Waals surface area contributed by atoms with Gasteiger partial charge in [-0.15, -0.1) is 0 Å². The average molecular weight is 316 g/mol. The molecular weight excluding hydrogens is 292 g/mol. The highest BCUT2D eigenvalue weighted by atomic mass is 16.5. The summed E-state index contributed by atoms with van der Waals surface area (Å²) in [5, 5.41) is 21.8. The van der Waals surface area contributed by atoms with Gasteiger partial charge in [0.15, 0.2) is 5.82 Å². The van der Waals surface area contributed by atoms with Gasteiger partial charge in [-0.1, -0.05) is 12.1 Å². The number of rotatable bonds is 7. The summed E-state index contributed by atoms with van der Waals surface area (Å²) in [6, 6.07) is 4.55. The molecule has 0 spiro atoms. The molecule has 0 N–H and O–H groups in total. The number of hydrogen-bond acceptors (Lipinski definition) is 7. The lowest BCUT2D eigenvalue weighted by Gasteiger charge is -2.37. The fourth-order valence-corrected chi connectivity index (χ4v) is 2.82. The van der Waals surface area contributed by atoms with Crippen molar-refractivity contribution >= 4 is 0 Å². The van der Waals surface area contributed by atoms with Crippen LogP contribution in [-0.2, 0) is 6.42 Å². The SMILES string of the molecule is CCc1noc([C@H](C)N2CCN(C[C@@H](C#N)CCC#N)CC2)n1. The Hall–Kier alpha value is -1.96. The van der Waals surface area contributed by atoms with Crippen LogP contribution in [0.4, 0.5) is 0 Å². The van der Waals surface area contributed by atoms with Crippen molar-refractivity contribution in [2.24, 2.45) is 5.92 Å². The summed E-state index contributed by atoms with van der Waals surface area (Å²) >= 11 is 0. The minimum Gasteiger partial charge on any atom is -0.338 e. The molecule has 1 saturated heterocycles. The monoisotopic (exact) mass is 316 g/mol. The number of nitriles is 2. The van der Waals surface area contributed by atoms with E-state index in [0.717, 1.165) is 45.0 Å². The molecule has 7 nitrogen and oxygen atoms in total. The van der Waals surface area contributed by atoms with E-state index in [9.17, 15) is 5.26 Å². The van der Waals surface area contributed by atoms with E-state index in [1.807, 2.05) is 6.92 Å². The summed E-state index contributed by atoms with van der Waals surface area (Å²) in [6.45, 7) is 8.53. The predicted molar refractivity (Wildman–Crippen MR) is 84.1 cm³/mol. The topological polar surface area (TPSA) is 93.0 Å². The van der Waals surface area contributed by atoms with Gasteiger partial charge in [-0.25, -0.2) is 0 Å². The van der Waals surface area contributed by atoms with E-state index < -0.39 is 0 Å². The zero-order chi connectivity index (χ0) is 16.7. The number of nitrogens with zero attached hydrogens (tertiary/aromatic N) is 6. The Morgan fingerprint density at radius 1 is 1.26 bits per heavy atom. The Morgan fingerprint density at radius 2 is 2.00 bits per heavy atom. The van der Waals surface area contributed by atoms with Crippen molar-refractivity contribution in [2.45, 2.75) is 39.2 Å². The molecule has 7 heteroatoms. The van der Waals surface area contributed by atoms with Gasteiger partial charge in [0.1, 0.15) is 0 Å². The highest BCUT2D eigenvalue weighted by Gasteiger charge is 2.26. The van der Waals surface area contributed by atoms with Gasteiger partial charge in [-0.3, -0.25) is 9.80 Å². The quantitative estimate of drug-likeness (QED) is 0.756. The molecule has 0 unspecified atom stereocenters. The van der Waals surface area contributed by atoms with Crippen LogP contribution >= 0.6 is 0 Å². The summed E-state index contributed by atoms with van der Waals surface area (Å²) in [6.07, 6.45) is 1.89. The van der Waals surface area contributed by atoms with E-state index in [1.165, 1.54) is 0 Å². The number of aromatic nitrogens is 2. The largest absolute Gasteiger partial charge is 0.338 e. The minimum atomic E-state index is -0.0540. The van der Waals surface area contributed by atoms with Crippen LogP contribution in [0.2, 0.25) is 0 Å². The third-order valence-electron chi connectivity index (χ3n) is 4.38. The van der Waals surface area contributed by atoms with Crippen LogP contribution in [0.1, 0.15) is 44.4 Å². The molecule has 0 aliphatic carbocycles. The van der Waals surface area contributed by atoms with Crippen molar-refractivity contribution in [1.82, 2.24) is 19.9 Å². The van der Waals surface area contributed by atoms with Gasteiger partial charge >= 0.3 is 0 Å². The summed E-state index contributed by atoms with van der Waals surface area (Å²) in [7, 11) is 0. The lowest BCUT2D eigenvalue weighted by molar-refractivity contribution is 0.0828. The highest BCUT2D eigenvalue weighted by Crippen LogP contribution is 2.21. The summed E-state index contributed by atoms with van der Waals surface area (Å²) in [5.41, 5.74) is 0. The standard InChI is InChI=1S/C16H24N6O/c1-3-15-19-16(23-20-15)13(2)22-9-7-21(8-10-22)12-14(11-18)5-4-6-17/h13-14H,3-5,7-10,12H2,1-2H3/t13-,14+/m0/s1. The molecule has 0 bridgehead atoms. The molecular formula is C16H24N6O. The van der Waals surface area contributed by atoms with E-state index in [4.69, 9.17) is 9.78 Å². The maximum Gasteiger partial charge on any atom is 0.243 e. The van der Waals surface area contributed by atoms with Crippen molar-refractivity contribution in [1.29, 1.82) is 10.5 Å². The molecule has 124 valence electrons. The summed E-state index contributed by atoms with van der Waals surface area (Å²) in [4.78, 5) is 9.05. The fourth-order valence-electron chi connectivity index (χ4n) is 2.82. The van der Waals surface area contributed by atoms with E-state index in [-0.39, 0.29) is 12.0 Å². The molecule has 1 aromatic heterocycles. The van der Waals surface area contributed by atoms with Crippen molar-refractivity contribution in [3.8, 4) is 12.1 Å². The molecule has 1 aromatic rings. The number of piperazine rings is 1.